The maximum absolute atomic E-state index is 13.0. The van der Waals surface area contributed by atoms with Gasteiger partial charge in [0.05, 0.1) is 19.2 Å². The summed E-state index contributed by atoms with van der Waals surface area (Å²) in [5, 5.41) is 2.77. The first-order valence-electron chi connectivity index (χ1n) is 5.97. The molecule has 0 radical (unpaired) electrons. The van der Waals surface area contributed by atoms with Crippen LogP contribution in [0.1, 0.15) is 5.56 Å². The number of hydrogen-bond acceptors (Lipinski definition) is 2. The zero-order valence-electron chi connectivity index (χ0n) is 10.8. The van der Waals surface area contributed by atoms with Crippen molar-refractivity contribution in [2.24, 2.45) is 0 Å². The lowest BCUT2D eigenvalue weighted by atomic mass is 10.1. The van der Waals surface area contributed by atoms with Crippen molar-refractivity contribution in [2.45, 2.75) is 6.42 Å². The fourth-order valence-electron chi connectivity index (χ4n) is 1.81. The van der Waals surface area contributed by atoms with Crippen LogP contribution in [-0.4, -0.2) is 13.0 Å². The van der Waals surface area contributed by atoms with E-state index in [9.17, 15) is 9.18 Å². The van der Waals surface area contributed by atoms with Gasteiger partial charge in [-0.2, -0.15) is 0 Å². The van der Waals surface area contributed by atoms with Crippen LogP contribution in [0.25, 0.3) is 0 Å². The fraction of sp³-hybridized carbons (Fsp3) is 0.133. The number of para-hydroxylation sites is 1. The van der Waals surface area contributed by atoms with Gasteiger partial charge in [0.25, 0.3) is 0 Å². The van der Waals surface area contributed by atoms with Crippen LogP contribution >= 0.6 is 22.6 Å². The lowest BCUT2D eigenvalue weighted by molar-refractivity contribution is -0.115. The summed E-state index contributed by atoms with van der Waals surface area (Å²) in [5.74, 6) is 0.188. The maximum Gasteiger partial charge on any atom is 0.228 e. The molecule has 0 bridgehead atoms. The van der Waals surface area contributed by atoms with E-state index in [-0.39, 0.29) is 18.1 Å². The molecular formula is C15H13FINO2. The second-order valence-corrected chi connectivity index (χ2v) is 5.32. The molecule has 1 N–H and O–H groups in total. The van der Waals surface area contributed by atoms with Gasteiger partial charge in [-0.1, -0.05) is 18.2 Å². The number of carbonyl (C=O) groups is 1. The first kappa shape index (κ1) is 14.8. The zero-order valence-corrected chi connectivity index (χ0v) is 13.0. The van der Waals surface area contributed by atoms with Gasteiger partial charge in [0, 0.05) is 9.13 Å². The minimum Gasteiger partial charge on any atom is -0.496 e. The number of rotatable bonds is 4. The summed E-state index contributed by atoms with van der Waals surface area (Å²) in [7, 11) is 1.57. The Morgan fingerprint density at radius 3 is 2.75 bits per heavy atom. The lowest BCUT2D eigenvalue weighted by Crippen LogP contribution is -2.15. The highest BCUT2D eigenvalue weighted by atomic mass is 127. The molecule has 104 valence electrons. The molecule has 0 aliphatic carbocycles. The van der Waals surface area contributed by atoms with Crippen molar-refractivity contribution in [1.82, 2.24) is 0 Å². The van der Waals surface area contributed by atoms with Gasteiger partial charge in [-0.3, -0.25) is 4.79 Å². The van der Waals surface area contributed by atoms with Crippen LogP contribution in [0.2, 0.25) is 0 Å². The molecule has 20 heavy (non-hydrogen) atoms. The van der Waals surface area contributed by atoms with E-state index in [2.05, 4.69) is 5.32 Å². The third-order valence-corrected chi connectivity index (χ3v) is 3.64. The maximum atomic E-state index is 13.0. The van der Waals surface area contributed by atoms with E-state index in [1.54, 1.807) is 13.2 Å². The number of amides is 1. The Morgan fingerprint density at radius 2 is 2.05 bits per heavy atom. The largest absolute Gasteiger partial charge is 0.496 e. The van der Waals surface area contributed by atoms with Crippen molar-refractivity contribution < 1.29 is 13.9 Å². The molecule has 0 atom stereocenters. The molecule has 2 aromatic rings. The molecule has 2 rings (SSSR count). The Bertz CT molecular complexity index is 631. The van der Waals surface area contributed by atoms with Gasteiger partial charge in [-0.15, -0.1) is 0 Å². The second-order valence-electron chi connectivity index (χ2n) is 4.16. The van der Waals surface area contributed by atoms with Crippen molar-refractivity contribution in [1.29, 1.82) is 0 Å². The second kappa shape index (κ2) is 6.69. The molecular weight excluding hydrogens is 372 g/mol. The van der Waals surface area contributed by atoms with Crippen molar-refractivity contribution in [2.75, 3.05) is 12.4 Å². The van der Waals surface area contributed by atoms with Gasteiger partial charge in [0.1, 0.15) is 11.6 Å². The Hall–Kier alpha value is -1.63. The summed E-state index contributed by atoms with van der Waals surface area (Å²) < 4.78 is 18.9. The predicted octanol–water partition coefficient (Wildman–Crippen LogP) is 3.62. The summed E-state index contributed by atoms with van der Waals surface area (Å²) in [6.07, 6.45) is 0.206. The number of halogens is 2. The van der Waals surface area contributed by atoms with Crippen molar-refractivity contribution in [3.05, 3.63) is 57.4 Å². The Labute approximate surface area is 130 Å². The molecule has 0 aromatic heterocycles. The predicted molar refractivity (Wildman–Crippen MR) is 84.4 cm³/mol. The highest BCUT2D eigenvalue weighted by Crippen LogP contribution is 2.21. The van der Waals surface area contributed by atoms with E-state index < -0.39 is 0 Å². The number of benzene rings is 2. The number of anilines is 1. The smallest absolute Gasteiger partial charge is 0.228 e. The minimum absolute atomic E-state index is 0.168. The van der Waals surface area contributed by atoms with E-state index >= 15 is 0 Å². The van der Waals surface area contributed by atoms with Crippen LogP contribution in [0.5, 0.6) is 5.75 Å². The molecule has 0 aliphatic rings. The Morgan fingerprint density at radius 1 is 1.30 bits per heavy atom. The van der Waals surface area contributed by atoms with Gasteiger partial charge in [-0.25, -0.2) is 4.39 Å². The molecule has 0 saturated heterocycles. The summed E-state index contributed by atoms with van der Waals surface area (Å²) in [6, 6.07) is 11.6. The van der Waals surface area contributed by atoms with E-state index in [1.807, 2.05) is 46.9 Å². The van der Waals surface area contributed by atoms with E-state index in [1.165, 1.54) is 12.1 Å². The molecule has 0 heterocycles. The number of hydrogen-bond donors (Lipinski definition) is 1. The first-order valence-corrected chi connectivity index (χ1v) is 7.05. The molecule has 5 heteroatoms. The van der Waals surface area contributed by atoms with Crippen LogP contribution < -0.4 is 10.1 Å². The molecule has 2 aromatic carbocycles. The Kier molecular flexibility index (Phi) is 4.94. The van der Waals surface area contributed by atoms with Crippen LogP contribution in [0, 0.1) is 9.39 Å². The third kappa shape index (κ3) is 3.69. The highest BCUT2D eigenvalue weighted by Gasteiger charge is 2.10. The zero-order chi connectivity index (χ0) is 14.5. The summed E-state index contributed by atoms with van der Waals surface area (Å²) in [4.78, 5) is 12.0. The van der Waals surface area contributed by atoms with Crippen LogP contribution in [0.15, 0.2) is 42.5 Å². The quantitative estimate of drug-likeness (QED) is 0.817. The van der Waals surface area contributed by atoms with E-state index in [0.717, 1.165) is 5.56 Å². The van der Waals surface area contributed by atoms with Gasteiger partial charge in [0.15, 0.2) is 0 Å². The lowest BCUT2D eigenvalue weighted by Gasteiger charge is -2.10. The molecule has 0 spiro atoms. The van der Waals surface area contributed by atoms with Crippen LogP contribution in [0.4, 0.5) is 10.1 Å². The molecule has 1 amide bonds. The summed E-state index contributed by atoms with van der Waals surface area (Å²) in [6.45, 7) is 0. The monoisotopic (exact) mass is 385 g/mol. The Balaban J connectivity index is 2.09. The average molecular weight is 385 g/mol. The molecule has 0 aliphatic heterocycles. The minimum atomic E-state index is -0.322. The average Bonchev–Trinajstić information content (AvgIpc) is 2.42. The molecule has 0 unspecified atom stereocenters. The highest BCUT2D eigenvalue weighted by molar-refractivity contribution is 14.1. The topological polar surface area (TPSA) is 38.3 Å². The molecule has 0 fully saturated rings. The SMILES string of the molecule is COc1ccccc1CC(=O)Nc1ccc(F)cc1I. The van der Waals surface area contributed by atoms with Gasteiger partial charge < -0.3 is 10.1 Å². The third-order valence-electron chi connectivity index (χ3n) is 2.75. The van der Waals surface area contributed by atoms with Crippen molar-refractivity contribution in [3.63, 3.8) is 0 Å². The first-order chi connectivity index (χ1) is 9.60. The van der Waals surface area contributed by atoms with Crippen molar-refractivity contribution >= 4 is 34.2 Å². The number of ether oxygens (including phenoxy) is 1. The van der Waals surface area contributed by atoms with Crippen molar-refractivity contribution in [3.8, 4) is 5.75 Å². The standard InChI is InChI=1S/C15H13FINO2/c1-20-14-5-3-2-4-10(14)8-15(19)18-13-7-6-11(16)9-12(13)17/h2-7,9H,8H2,1H3,(H,18,19). The van der Waals surface area contributed by atoms with E-state index in [4.69, 9.17) is 4.74 Å². The van der Waals surface area contributed by atoms with Gasteiger partial charge >= 0.3 is 0 Å². The fourth-order valence-corrected chi connectivity index (χ4v) is 2.42. The van der Waals surface area contributed by atoms with Gasteiger partial charge in [0.2, 0.25) is 5.91 Å². The summed E-state index contributed by atoms with van der Waals surface area (Å²) in [5.41, 5.74) is 1.41. The number of nitrogens with one attached hydrogen (secondary N) is 1. The number of methoxy groups -OCH3 is 1. The van der Waals surface area contributed by atoms with Crippen LogP contribution in [-0.2, 0) is 11.2 Å². The summed E-state index contributed by atoms with van der Waals surface area (Å²) >= 11 is 1.99. The normalized spacial score (nSPS) is 10.2. The molecule has 0 saturated carbocycles. The van der Waals surface area contributed by atoms with E-state index in [0.29, 0.717) is 15.0 Å². The number of carbonyl (C=O) groups excluding carboxylic acids is 1. The molecule has 3 nitrogen and oxygen atoms in total. The van der Waals surface area contributed by atoms with Crippen LogP contribution in [0.3, 0.4) is 0 Å². The van der Waals surface area contributed by atoms with Gasteiger partial charge in [-0.05, 0) is 46.9 Å².